The monoisotopic (exact) mass is 899 g/mol. The van der Waals surface area contributed by atoms with Gasteiger partial charge in [-0.15, -0.1) is 0 Å². The molecule has 13 nitrogen and oxygen atoms in total. The molecule has 0 spiro atoms. The van der Waals surface area contributed by atoms with Crippen LogP contribution >= 0.6 is 0 Å². The molecular formula is C54H62N10O3. The summed E-state index contributed by atoms with van der Waals surface area (Å²) >= 11 is 0. The maximum absolute atomic E-state index is 12.8. The third-order valence-corrected chi connectivity index (χ3v) is 11.2. The van der Waals surface area contributed by atoms with E-state index in [0.717, 1.165) is 102 Å². The molecule has 0 aliphatic heterocycles. The highest BCUT2D eigenvalue weighted by Gasteiger charge is 2.12. The van der Waals surface area contributed by atoms with Crippen LogP contribution in [0.5, 0.6) is 0 Å². The Morgan fingerprint density at radius 1 is 0.582 bits per heavy atom. The predicted octanol–water partition coefficient (Wildman–Crippen LogP) is 9.25. The molecule has 7 N–H and O–H groups in total. The fourth-order valence-electron chi connectivity index (χ4n) is 7.62. The summed E-state index contributed by atoms with van der Waals surface area (Å²) in [6.07, 6.45) is 6.48. The van der Waals surface area contributed by atoms with Gasteiger partial charge in [-0.25, -0.2) is 14.8 Å². The first-order valence-electron chi connectivity index (χ1n) is 22.0. The number of methoxy groups -OCH3 is 1. The molecule has 0 fully saturated rings. The number of amides is 1. The number of aryl methyl sites for hydroxylation is 6. The number of ether oxygens (including phenoxy) is 1. The van der Waals surface area contributed by atoms with E-state index < -0.39 is 0 Å². The van der Waals surface area contributed by atoms with E-state index >= 15 is 0 Å². The highest BCUT2D eigenvalue weighted by Crippen LogP contribution is 2.21. The lowest BCUT2D eigenvalue weighted by Crippen LogP contribution is -2.24. The van der Waals surface area contributed by atoms with Gasteiger partial charge in [-0.1, -0.05) is 45.5 Å². The molecule has 0 bridgehead atoms. The molecule has 2 aromatic carbocycles. The Kier molecular flexibility index (Phi) is 17.7. The Balaban J connectivity index is 0.000000209. The number of anilines is 2. The first-order valence-corrected chi connectivity index (χ1v) is 22.0. The summed E-state index contributed by atoms with van der Waals surface area (Å²) < 4.78 is 4.75. The van der Waals surface area contributed by atoms with Crippen LogP contribution < -0.4 is 22.5 Å². The van der Waals surface area contributed by atoms with Crippen LogP contribution in [-0.4, -0.2) is 48.9 Å². The lowest BCUT2D eigenvalue weighted by Gasteiger charge is -2.12. The Hall–Kier alpha value is -7.64. The second-order valence-corrected chi connectivity index (χ2v) is 16.0. The Bertz CT molecular complexity index is 2960. The Morgan fingerprint density at radius 2 is 1.06 bits per heavy atom. The first kappa shape index (κ1) is 50.4. The molecular weight excluding hydrogens is 837 g/mol. The van der Waals surface area contributed by atoms with Crippen LogP contribution in [0.3, 0.4) is 0 Å². The van der Waals surface area contributed by atoms with Crippen molar-refractivity contribution >= 4 is 45.3 Å². The quantitative estimate of drug-likeness (QED) is 0.0895. The first-order chi connectivity index (χ1) is 31.8. The second kappa shape index (κ2) is 23.5. The van der Waals surface area contributed by atoms with Crippen LogP contribution in [-0.2, 0) is 43.5 Å². The molecule has 13 heteroatoms. The second-order valence-electron chi connectivity index (χ2n) is 16.0. The number of nitrogen functional groups attached to an aromatic ring is 2. The van der Waals surface area contributed by atoms with Gasteiger partial charge >= 0.3 is 5.97 Å². The molecule has 0 aliphatic carbocycles. The zero-order valence-electron chi connectivity index (χ0n) is 38.8. The van der Waals surface area contributed by atoms with E-state index in [1.54, 1.807) is 30.6 Å². The minimum absolute atomic E-state index is 0. The summed E-state index contributed by atoms with van der Waals surface area (Å²) in [6, 6.07) is 31.5. The fraction of sp³-hybridized carbons (Fsp3) is 0.259. The van der Waals surface area contributed by atoms with Crippen molar-refractivity contribution in [2.24, 2.45) is 5.73 Å². The highest BCUT2D eigenvalue weighted by atomic mass is 16.5. The van der Waals surface area contributed by atoms with Crippen molar-refractivity contribution in [3.05, 3.63) is 188 Å². The van der Waals surface area contributed by atoms with E-state index in [-0.39, 0.29) is 19.3 Å². The molecule has 0 saturated heterocycles. The van der Waals surface area contributed by atoms with E-state index in [9.17, 15) is 9.59 Å². The van der Waals surface area contributed by atoms with Crippen LogP contribution in [0.1, 0.15) is 110 Å². The number of carbonyl (C=O) groups is 2. The van der Waals surface area contributed by atoms with Gasteiger partial charge < -0.3 is 27.3 Å². The van der Waals surface area contributed by atoms with Crippen LogP contribution in [0.25, 0.3) is 21.8 Å². The number of carbonyl (C=O) groups excluding carboxylic acids is 2. The van der Waals surface area contributed by atoms with Crippen molar-refractivity contribution in [3.8, 4) is 0 Å². The molecule has 0 aliphatic rings. The van der Waals surface area contributed by atoms with Crippen molar-refractivity contribution in [2.75, 3.05) is 18.6 Å². The summed E-state index contributed by atoms with van der Waals surface area (Å²) in [7, 11) is 1.38. The molecule has 0 radical (unpaired) electrons. The van der Waals surface area contributed by atoms with Gasteiger partial charge in [0.1, 0.15) is 11.6 Å². The van der Waals surface area contributed by atoms with Crippen LogP contribution in [0.4, 0.5) is 11.6 Å². The van der Waals surface area contributed by atoms with Crippen molar-refractivity contribution < 1.29 is 14.3 Å². The lowest BCUT2D eigenvalue weighted by molar-refractivity contribution is 0.0600. The number of nitrogens with one attached hydrogen (secondary N) is 1. The molecule has 0 saturated carbocycles. The number of nitrogens with two attached hydrogens (primary N) is 3. The molecule has 6 heterocycles. The molecule has 0 atom stereocenters. The van der Waals surface area contributed by atoms with Crippen LogP contribution in [0.2, 0.25) is 0 Å². The third-order valence-electron chi connectivity index (χ3n) is 11.2. The van der Waals surface area contributed by atoms with Crippen molar-refractivity contribution in [1.82, 2.24) is 35.2 Å². The van der Waals surface area contributed by atoms with Crippen molar-refractivity contribution in [3.63, 3.8) is 0 Å². The molecule has 8 rings (SSSR count). The average molecular weight is 899 g/mol. The number of hydrogen-bond donors (Lipinski definition) is 4. The molecule has 67 heavy (non-hydrogen) atoms. The van der Waals surface area contributed by atoms with Crippen molar-refractivity contribution in [2.45, 2.75) is 87.7 Å². The van der Waals surface area contributed by atoms with Crippen LogP contribution in [0.15, 0.2) is 109 Å². The molecule has 346 valence electrons. The SMILES string of the molecule is C.CCc1ccc2cc(Cc3cc(C(=O)NCc4c(C)cc(N)nc4C)ccn3)ccc2n1.CCc1ccc2cc(Cc3cc(C(=O)OC)ccn3)ccc2n1.Cc1cc(N)nc(C)c1CN. The topological polar surface area (TPSA) is 211 Å². The van der Waals surface area contributed by atoms with Gasteiger partial charge in [-0.2, -0.15) is 0 Å². The molecule has 8 aromatic rings. The van der Waals surface area contributed by atoms with E-state index in [4.69, 9.17) is 21.9 Å². The lowest BCUT2D eigenvalue weighted by atomic mass is 10.0. The molecule has 6 aromatic heterocycles. The number of nitrogens with zero attached hydrogens (tertiary/aromatic N) is 6. The Morgan fingerprint density at radius 3 is 1.52 bits per heavy atom. The van der Waals surface area contributed by atoms with E-state index in [1.807, 2.05) is 58.0 Å². The number of fused-ring (bicyclic) bond motifs is 2. The zero-order valence-corrected chi connectivity index (χ0v) is 38.8. The number of esters is 1. The van der Waals surface area contributed by atoms with Crippen LogP contribution in [0, 0.1) is 27.7 Å². The summed E-state index contributed by atoms with van der Waals surface area (Å²) in [6.45, 7) is 12.9. The third kappa shape index (κ3) is 13.5. The van der Waals surface area contributed by atoms with Gasteiger partial charge in [0.2, 0.25) is 0 Å². The summed E-state index contributed by atoms with van der Waals surface area (Å²) in [5.74, 6) is 0.573. The summed E-state index contributed by atoms with van der Waals surface area (Å²) in [4.78, 5) is 50.8. The molecule has 1 amide bonds. The number of rotatable bonds is 11. The molecule has 0 unspecified atom stereocenters. The van der Waals surface area contributed by atoms with Gasteiger partial charge in [0, 0.05) is 88.8 Å². The predicted molar refractivity (Wildman–Crippen MR) is 270 cm³/mol. The average Bonchev–Trinajstić information content (AvgIpc) is 3.31. The number of hydrogen-bond acceptors (Lipinski definition) is 12. The summed E-state index contributed by atoms with van der Waals surface area (Å²) in [5.41, 5.74) is 32.1. The van der Waals surface area contributed by atoms with Crippen molar-refractivity contribution in [1.29, 1.82) is 0 Å². The standard InChI is InChI=1S/C26H27N5O.C19H18N2O2.C8H13N3.CH4/c1-4-21-7-6-19-12-18(5-8-24(19)31-21)13-22-14-20(9-10-28-22)26(32)29-15-23-16(2)11-25(27)30-17(23)3;1-3-16-6-5-14-10-13(4-7-18(14)21-16)11-17-12-15(8-9-20-17)19(22)23-2;1-5-3-8(10)11-6(2)7(5)4-9;/h5-12,14H,4,13,15H2,1-3H3,(H2,27,30)(H,29,32);4-10,12H,3,11H2,1-2H3;3H,4,9H2,1-2H3,(H2,10,11);1H4. The normalized spacial score (nSPS) is 10.6. The highest BCUT2D eigenvalue weighted by molar-refractivity contribution is 5.94. The maximum atomic E-state index is 12.8. The smallest absolute Gasteiger partial charge is 0.337 e. The van der Waals surface area contributed by atoms with Gasteiger partial charge in [-0.3, -0.25) is 24.7 Å². The van der Waals surface area contributed by atoms with E-state index in [1.165, 1.54) is 7.11 Å². The van der Waals surface area contributed by atoms with Gasteiger partial charge in [0.25, 0.3) is 5.91 Å². The minimum Gasteiger partial charge on any atom is -0.465 e. The Labute approximate surface area is 393 Å². The van der Waals surface area contributed by atoms with Gasteiger partial charge in [-0.05, 0) is 147 Å². The van der Waals surface area contributed by atoms with E-state index in [0.29, 0.717) is 48.7 Å². The fourth-order valence-corrected chi connectivity index (χ4v) is 7.62. The largest absolute Gasteiger partial charge is 0.465 e. The number of benzene rings is 2. The maximum Gasteiger partial charge on any atom is 0.337 e. The number of pyridine rings is 6. The van der Waals surface area contributed by atoms with Gasteiger partial charge in [0.15, 0.2) is 0 Å². The minimum atomic E-state index is -0.344. The van der Waals surface area contributed by atoms with E-state index in [2.05, 4.69) is 97.6 Å². The summed E-state index contributed by atoms with van der Waals surface area (Å²) in [5, 5.41) is 5.21. The van der Waals surface area contributed by atoms with Gasteiger partial charge in [0.05, 0.1) is 23.7 Å². The zero-order chi connectivity index (χ0) is 47.3. The number of aromatic nitrogens is 6.